The molecule has 0 aromatic heterocycles. The summed E-state index contributed by atoms with van der Waals surface area (Å²) < 4.78 is 25.2. The fourth-order valence-corrected chi connectivity index (χ4v) is 4.63. The molecule has 0 aliphatic rings. The highest BCUT2D eigenvalue weighted by Crippen LogP contribution is 2.49. The van der Waals surface area contributed by atoms with E-state index in [1.54, 1.807) is 48.5 Å². The maximum atomic E-state index is 13.7. The number of halogens is 2. The first-order valence-electron chi connectivity index (χ1n) is 8.60. The lowest BCUT2D eigenvalue weighted by Gasteiger charge is -2.23. The quantitative estimate of drug-likeness (QED) is 0.404. The summed E-state index contributed by atoms with van der Waals surface area (Å²) in [6, 6.07) is 17.2. The van der Waals surface area contributed by atoms with Crippen LogP contribution in [0.3, 0.4) is 0 Å². The van der Waals surface area contributed by atoms with Crippen molar-refractivity contribution in [2.75, 3.05) is 5.09 Å². The molecular formula is C21H20Cl2NO3P. The Morgan fingerprint density at radius 3 is 1.54 bits per heavy atom. The predicted molar refractivity (Wildman–Crippen MR) is 116 cm³/mol. The molecule has 0 aliphatic heterocycles. The Morgan fingerprint density at radius 1 is 0.750 bits per heavy atom. The number of benzene rings is 3. The summed E-state index contributed by atoms with van der Waals surface area (Å²) >= 11 is 11.9. The third-order valence-corrected chi connectivity index (χ3v) is 5.91. The molecule has 0 saturated heterocycles. The second-order valence-corrected chi connectivity index (χ2v) is 8.93. The molecule has 0 amide bonds. The SMILES string of the molecule is Cc1cc(C)c(NP(=O)(Oc2ccc(Cl)cc2)Oc2ccc(Cl)cc2)c(C)c1. The van der Waals surface area contributed by atoms with E-state index in [9.17, 15) is 4.57 Å². The first kappa shape index (κ1) is 20.6. The van der Waals surface area contributed by atoms with Gasteiger partial charge in [0.1, 0.15) is 11.5 Å². The molecule has 0 fully saturated rings. The molecule has 28 heavy (non-hydrogen) atoms. The molecule has 0 spiro atoms. The van der Waals surface area contributed by atoms with Crippen molar-refractivity contribution in [1.82, 2.24) is 0 Å². The van der Waals surface area contributed by atoms with Crippen molar-refractivity contribution in [3.05, 3.63) is 87.4 Å². The Hall–Kier alpha value is -2.13. The van der Waals surface area contributed by atoms with Crippen LogP contribution in [0.15, 0.2) is 60.7 Å². The largest absolute Gasteiger partial charge is 0.541 e. The molecule has 3 aromatic rings. The van der Waals surface area contributed by atoms with Gasteiger partial charge in [-0.1, -0.05) is 40.9 Å². The van der Waals surface area contributed by atoms with Gasteiger partial charge in [0, 0.05) is 10.0 Å². The average Bonchev–Trinajstić information content (AvgIpc) is 2.62. The van der Waals surface area contributed by atoms with Gasteiger partial charge in [-0.3, -0.25) is 5.09 Å². The maximum absolute atomic E-state index is 13.7. The third-order valence-electron chi connectivity index (χ3n) is 4.00. The van der Waals surface area contributed by atoms with Crippen LogP contribution in [0.5, 0.6) is 11.5 Å². The third kappa shape index (κ3) is 5.23. The van der Waals surface area contributed by atoms with E-state index in [0.29, 0.717) is 27.2 Å². The van der Waals surface area contributed by atoms with E-state index in [2.05, 4.69) is 5.09 Å². The number of nitrogens with one attached hydrogen (secondary N) is 1. The lowest BCUT2D eigenvalue weighted by Crippen LogP contribution is -2.11. The summed E-state index contributed by atoms with van der Waals surface area (Å²) in [5.74, 6) is 0.744. The molecule has 0 radical (unpaired) electrons. The standard InChI is InChI=1S/C21H20Cl2NO3P/c1-14-12-15(2)21(16(3)13-14)24-28(25,26-19-8-4-17(22)5-9-19)27-20-10-6-18(23)7-11-20/h4-13H,1-3H3,(H,24,25). The van der Waals surface area contributed by atoms with Crippen LogP contribution in [0.25, 0.3) is 0 Å². The van der Waals surface area contributed by atoms with E-state index in [1.165, 1.54) is 0 Å². The Labute approximate surface area is 175 Å². The van der Waals surface area contributed by atoms with E-state index < -0.39 is 7.75 Å². The molecule has 7 heteroatoms. The van der Waals surface area contributed by atoms with Gasteiger partial charge < -0.3 is 9.05 Å². The summed E-state index contributed by atoms with van der Waals surface area (Å²) in [6.07, 6.45) is 0. The second-order valence-electron chi connectivity index (χ2n) is 6.47. The monoisotopic (exact) mass is 435 g/mol. The van der Waals surface area contributed by atoms with Crippen LogP contribution in [0, 0.1) is 20.8 Å². The Bertz CT molecular complexity index is 946. The van der Waals surface area contributed by atoms with Crippen LogP contribution in [-0.4, -0.2) is 0 Å². The van der Waals surface area contributed by atoms with Crippen molar-refractivity contribution in [1.29, 1.82) is 0 Å². The van der Waals surface area contributed by atoms with Crippen molar-refractivity contribution < 1.29 is 13.6 Å². The lowest BCUT2D eigenvalue weighted by atomic mass is 10.1. The fourth-order valence-electron chi connectivity index (χ4n) is 2.83. The minimum Gasteiger partial charge on any atom is -0.400 e. The van der Waals surface area contributed by atoms with Crippen LogP contribution >= 0.6 is 30.9 Å². The van der Waals surface area contributed by atoms with Gasteiger partial charge in [0.05, 0.1) is 5.69 Å². The molecule has 3 rings (SSSR count). The molecule has 0 heterocycles. The maximum Gasteiger partial charge on any atom is 0.541 e. The number of aryl methyl sites for hydroxylation is 3. The second kappa shape index (κ2) is 8.48. The number of anilines is 1. The molecule has 1 N–H and O–H groups in total. The Morgan fingerprint density at radius 2 is 1.14 bits per heavy atom. The summed E-state index contributed by atoms with van der Waals surface area (Å²) in [6.45, 7) is 5.90. The zero-order chi connectivity index (χ0) is 20.3. The number of rotatable bonds is 6. The molecule has 0 bridgehead atoms. The summed E-state index contributed by atoms with van der Waals surface area (Å²) in [4.78, 5) is 0. The van der Waals surface area contributed by atoms with E-state index >= 15 is 0 Å². The molecule has 3 aromatic carbocycles. The van der Waals surface area contributed by atoms with Crippen molar-refractivity contribution in [3.8, 4) is 11.5 Å². The Balaban J connectivity index is 1.96. The van der Waals surface area contributed by atoms with Crippen molar-refractivity contribution in [3.63, 3.8) is 0 Å². The van der Waals surface area contributed by atoms with Gasteiger partial charge in [-0.25, -0.2) is 4.57 Å². The Kier molecular flexibility index (Phi) is 6.24. The minimum atomic E-state index is -3.82. The van der Waals surface area contributed by atoms with E-state index in [4.69, 9.17) is 32.2 Å². The van der Waals surface area contributed by atoms with Crippen LogP contribution in [0.4, 0.5) is 5.69 Å². The lowest BCUT2D eigenvalue weighted by molar-refractivity contribution is 0.392. The van der Waals surface area contributed by atoms with Gasteiger partial charge in [-0.05, 0) is 80.4 Å². The zero-order valence-corrected chi connectivity index (χ0v) is 18.1. The van der Waals surface area contributed by atoms with Crippen molar-refractivity contribution in [2.24, 2.45) is 0 Å². The van der Waals surface area contributed by atoms with E-state index in [0.717, 1.165) is 16.7 Å². The van der Waals surface area contributed by atoms with Gasteiger partial charge in [-0.15, -0.1) is 0 Å². The van der Waals surface area contributed by atoms with Crippen LogP contribution in [0.2, 0.25) is 10.0 Å². The summed E-state index contributed by atoms with van der Waals surface area (Å²) in [7, 11) is -3.82. The zero-order valence-electron chi connectivity index (χ0n) is 15.7. The van der Waals surface area contributed by atoms with Gasteiger partial charge in [0.15, 0.2) is 0 Å². The van der Waals surface area contributed by atoms with Crippen molar-refractivity contribution >= 4 is 36.6 Å². The van der Waals surface area contributed by atoms with Gasteiger partial charge in [-0.2, -0.15) is 0 Å². The highest BCUT2D eigenvalue weighted by atomic mass is 35.5. The normalized spacial score (nSPS) is 11.2. The predicted octanol–water partition coefficient (Wildman–Crippen LogP) is 7.60. The molecule has 0 atom stereocenters. The van der Waals surface area contributed by atoms with E-state index in [-0.39, 0.29) is 0 Å². The van der Waals surface area contributed by atoms with Crippen LogP contribution in [0.1, 0.15) is 16.7 Å². The highest BCUT2D eigenvalue weighted by molar-refractivity contribution is 7.56. The molecule has 0 aliphatic carbocycles. The van der Waals surface area contributed by atoms with Gasteiger partial charge in [0.2, 0.25) is 0 Å². The molecule has 0 unspecified atom stereocenters. The average molecular weight is 436 g/mol. The summed E-state index contributed by atoms with van der Waals surface area (Å²) in [5, 5.41) is 4.10. The molecular weight excluding hydrogens is 416 g/mol. The summed E-state index contributed by atoms with van der Waals surface area (Å²) in [5.41, 5.74) is 3.71. The van der Waals surface area contributed by atoms with Gasteiger partial charge >= 0.3 is 7.75 Å². The first-order chi connectivity index (χ1) is 13.2. The highest BCUT2D eigenvalue weighted by Gasteiger charge is 2.30. The molecule has 4 nitrogen and oxygen atoms in total. The smallest absolute Gasteiger partial charge is 0.400 e. The van der Waals surface area contributed by atoms with Crippen LogP contribution < -0.4 is 14.1 Å². The van der Waals surface area contributed by atoms with Gasteiger partial charge in [0.25, 0.3) is 0 Å². The molecule has 0 saturated carbocycles. The topological polar surface area (TPSA) is 47.6 Å². The number of hydrogen-bond acceptors (Lipinski definition) is 3. The molecule has 146 valence electrons. The van der Waals surface area contributed by atoms with Crippen LogP contribution in [-0.2, 0) is 4.57 Å². The fraction of sp³-hybridized carbons (Fsp3) is 0.143. The minimum absolute atomic E-state index is 0.372. The first-order valence-corrected chi connectivity index (χ1v) is 10.9. The number of hydrogen-bond donors (Lipinski definition) is 1. The van der Waals surface area contributed by atoms with Crippen molar-refractivity contribution in [2.45, 2.75) is 20.8 Å². The van der Waals surface area contributed by atoms with E-state index in [1.807, 2.05) is 32.9 Å².